The quantitative estimate of drug-likeness (QED) is 0.843. The summed E-state index contributed by atoms with van der Waals surface area (Å²) in [4.78, 5) is 10.9. The third-order valence-corrected chi connectivity index (χ3v) is 3.16. The maximum absolute atomic E-state index is 13.4. The Balaban J connectivity index is 3.15. The first-order valence-electron chi connectivity index (χ1n) is 4.38. The van der Waals surface area contributed by atoms with Crippen molar-refractivity contribution in [2.75, 3.05) is 6.54 Å². The molecule has 0 aromatic heterocycles. The Bertz CT molecular complexity index is 515. The van der Waals surface area contributed by atoms with E-state index in [2.05, 4.69) is 5.32 Å². The normalized spacial score (nSPS) is 11.2. The average molecular weight is 266 g/mol. The summed E-state index contributed by atoms with van der Waals surface area (Å²) in [5.41, 5.74) is -0.217. The van der Waals surface area contributed by atoms with Gasteiger partial charge in [-0.05, 0) is 25.1 Å². The van der Waals surface area contributed by atoms with E-state index in [0.717, 1.165) is 12.1 Å². The summed E-state index contributed by atoms with van der Waals surface area (Å²) < 4.78 is 35.2. The Hall–Kier alpha value is -1.14. The summed E-state index contributed by atoms with van der Waals surface area (Å²) in [5.74, 6) is -1.52. The second kappa shape index (κ2) is 4.80. The average Bonchev–Trinajstić information content (AvgIpc) is 2.16. The van der Waals surface area contributed by atoms with Gasteiger partial charge in [-0.3, -0.25) is 4.79 Å². The summed E-state index contributed by atoms with van der Waals surface area (Å²) in [6.45, 7) is 2.04. The van der Waals surface area contributed by atoms with Crippen molar-refractivity contribution >= 4 is 25.6 Å². The molecule has 0 heterocycles. The third kappa shape index (κ3) is 2.93. The second-order valence-electron chi connectivity index (χ2n) is 2.94. The number of hydrogen-bond donors (Lipinski definition) is 1. The molecule has 0 spiro atoms. The summed E-state index contributed by atoms with van der Waals surface area (Å²) in [7, 11) is 1.05. The van der Waals surface area contributed by atoms with E-state index in [1.807, 2.05) is 0 Å². The molecule has 0 saturated heterocycles. The number of halogens is 2. The van der Waals surface area contributed by atoms with Crippen LogP contribution in [0.3, 0.4) is 0 Å². The van der Waals surface area contributed by atoms with Crippen LogP contribution in [0.4, 0.5) is 4.39 Å². The molecule has 0 unspecified atom stereocenters. The third-order valence-electron chi connectivity index (χ3n) is 1.80. The molecule has 0 aliphatic heterocycles. The van der Waals surface area contributed by atoms with Gasteiger partial charge in [0.1, 0.15) is 5.82 Å². The zero-order chi connectivity index (χ0) is 12.3. The van der Waals surface area contributed by atoms with Gasteiger partial charge in [-0.1, -0.05) is 0 Å². The number of benzene rings is 1. The molecule has 1 N–H and O–H groups in total. The van der Waals surface area contributed by atoms with Gasteiger partial charge in [0.15, 0.2) is 0 Å². The van der Waals surface area contributed by atoms with Crippen molar-refractivity contribution in [1.82, 2.24) is 5.32 Å². The van der Waals surface area contributed by atoms with E-state index in [9.17, 15) is 17.6 Å². The first kappa shape index (κ1) is 12.9. The zero-order valence-electron chi connectivity index (χ0n) is 8.33. The largest absolute Gasteiger partial charge is 0.352 e. The Morgan fingerprint density at radius 3 is 2.56 bits per heavy atom. The van der Waals surface area contributed by atoms with Crippen molar-refractivity contribution in [3.05, 3.63) is 29.6 Å². The van der Waals surface area contributed by atoms with Crippen molar-refractivity contribution in [2.24, 2.45) is 0 Å². The maximum atomic E-state index is 13.4. The van der Waals surface area contributed by atoms with Gasteiger partial charge in [-0.2, -0.15) is 0 Å². The van der Waals surface area contributed by atoms with Crippen LogP contribution in [-0.2, 0) is 9.05 Å². The predicted octanol–water partition coefficient (Wildman–Crippen LogP) is 1.50. The van der Waals surface area contributed by atoms with Crippen molar-refractivity contribution in [3.63, 3.8) is 0 Å². The molecule has 0 fully saturated rings. The Morgan fingerprint density at radius 2 is 2.12 bits per heavy atom. The summed E-state index contributed by atoms with van der Waals surface area (Å²) >= 11 is 0. The topological polar surface area (TPSA) is 63.2 Å². The van der Waals surface area contributed by atoms with Gasteiger partial charge in [-0.15, -0.1) is 0 Å². The molecule has 0 aliphatic carbocycles. The SMILES string of the molecule is CCNC(=O)c1ccc(S(=O)(=O)Cl)cc1F. The fourth-order valence-corrected chi connectivity index (χ4v) is 1.85. The van der Waals surface area contributed by atoms with Gasteiger partial charge >= 0.3 is 0 Å². The van der Waals surface area contributed by atoms with E-state index in [1.165, 1.54) is 0 Å². The summed E-state index contributed by atoms with van der Waals surface area (Å²) in [6.07, 6.45) is 0. The fraction of sp³-hybridized carbons (Fsp3) is 0.222. The van der Waals surface area contributed by atoms with E-state index < -0.39 is 20.8 Å². The molecule has 0 aliphatic rings. The van der Waals surface area contributed by atoms with Crippen LogP contribution in [0.5, 0.6) is 0 Å². The smallest absolute Gasteiger partial charge is 0.261 e. The van der Waals surface area contributed by atoms with Gasteiger partial charge in [0.2, 0.25) is 0 Å². The number of nitrogens with one attached hydrogen (secondary N) is 1. The van der Waals surface area contributed by atoms with Crippen LogP contribution in [0, 0.1) is 5.82 Å². The molecule has 1 aromatic carbocycles. The van der Waals surface area contributed by atoms with Crippen molar-refractivity contribution in [1.29, 1.82) is 0 Å². The lowest BCUT2D eigenvalue weighted by molar-refractivity contribution is 0.0951. The fourth-order valence-electron chi connectivity index (χ4n) is 1.09. The van der Waals surface area contributed by atoms with Crippen LogP contribution in [0.15, 0.2) is 23.1 Å². The number of carbonyl (C=O) groups excluding carboxylic acids is 1. The predicted molar refractivity (Wildman–Crippen MR) is 57.4 cm³/mol. The van der Waals surface area contributed by atoms with E-state index >= 15 is 0 Å². The van der Waals surface area contributed by atoms with Crippen LogP contribution in [0.1, 0.15) is 17.3 Å². The van der Waals surface area contributed by atoms with Gasteiger partial charge in [-0.25, -0.2) is 12.8 Å². The molecule has 4 nitrogen and oxygen atoms in total. The zero-order valence-corrected chi connectivity index (χ0v) is 9.90. The molecular weight excluding hydrogens is 257 g/mol. The Kier molecular flexibility index (Phi) is 3.88. The Morgan fingerprint density at radius 1 is 1.50 bits per heavy atom. The highest BCUT2D eigenvalue weighted by Crippen LogP contribution is 2.18. The van der Waals surface area contributed by atoms with E-state index in [-0.39, 0.29) is 10.5 Å². The standard InChI is InChI=1S/C9H9ClFNO3S/c1-2-12-9(13)7-4-3-6(5-8(7)11)16(10,14)15/h3-5H,2H2,1H3,(H,12,13). The summed E-state index contributed by atoms with van der Waals surface area (Å²) in [6, 6.07) is 2.87. The lowest BCUT2D eigenvalue weighted by Gasteiger charge is -2.04. The lowest BCUT2D eigenvalue weighted by Crippen LogP contribution is -2.23. The lowest BCUT2D eigenvalue weighted by atomic mass is 10.2. The first-order valence-corrected chi connectivity index (χ1v) is 6.69. The highest BCUT2D eigenvalue weighted by atomic mass is 35.7. The molecule has 1 amide bonds. The van der Waals surface area contributed by atoms with E-state index in [1.54, 1.807) is 6.92 Å². The van der Waals surface area contributed by atoms with Crippen LogP contribution in [0.25, 0.3) is 0 Å². The molecule has 0 atom stereocenters. The number of rotatable bonds is 3. The minimum atomic E-state index is -3.98. The molecule has 7 heteroatoms. The van der Waals surface area contributed by atoms with E-state index in [4.69, 9.17) is 10.7 Å². The van der Waals surface area contributed by atoms with Crippen molar-refractivity contribution < 1.29 is 17.6 Å². The molecule has 88 valence electrons. The minimum absolute atomic E-state index is 0.217. The van der Waals surface area contributed by atoms with Crippen molar-refractivity contribution in [3.8, 4) is 0 Å². The molecular formula is C9H9ClFNO3S. The number of carbonyl (C=O) groups is 1. The highest BCUT2D eigenvalue weighted by Gasteiger charge is 2.16. The summed E-state index contributed by atoms with van der Waals surface area (Å²) in [5, 5.41) is 2.40. The van der Waals surface area contributed by atoms with E-state index in [0.29, 0.717) is 12.6 Å². The van der Waals surface area contributed by atoms with Gasteiger partial charge in [0.05, 0.1) is 10.5 Å². The number of amides is 1. The van der Waals surface area contributed by atoms with Crippen LogP contribution in [0.2, 0.25) is 0 Å². The molecule has 0 bridgehead atoms. The van der Waals surface area contributed by atoms with Gasteiger partial charge < -0.3 is 5.32 Å². The molecule has 1 aromatic rings. The van der Waals surface area contributed by atoms with Crippen molar-refractivity contribution in [2.45, 2.75) is 11.8 Å². The maximum Gasteiger partial charge on any atom is 0.261 e. The van der Waals surface area contributed by atoms with Crippen LogP contribution in [-0.4, -0.2) is 20.9 Å². The first-order chi connectivity index (χ1) is 7.36. The Labute approximate surface area is 96.8 Å². The second-order valence-corrected chi connectivity index (χ2v) is 5.50. The molecule has 0 saturated carbocycles. The van der Waals surface area contributed by atoms with Gasteiger partial charge in [0.25, 0.3) is 15.0 Å². The molecule has 16 heavy (non-hydrogen) atoms. The van der Waals surface area contributed by atoms with Gasteiger partial charge in [0, 0.05) is 17.2 Å². The van der Waals surface area contributed by atoms with Crippen LogP contribution >= 0.6 is 10.7 Å². The molecule has 1 rings (SSSR count). The number of hydrogen-bond acceptors (Lipinski definition) is 3. The monoisotopic (exact) mass is 265 g/mol. The highest BCUT2D eigenvalue weighted by molar-refractivity contribution is 8.13. The minimum Gasteiger partial charge on any atom is -0.352 e. The molecule has 0 radical (unpaired) electrons. The van der Waals surface area contributed by atoms with Crippen LogP contribution < -0.4 is 5.32 Å².